The van der Waals surface area contributed by atoms with Crippen molar-refractivity contribution in [2.45, 2.75) is 0 Å². The van der Waals surface area contributed by atoms with Crippen molar-refractivity contribution in [3.05, 3.63) is 51.2 Å². The molecule has 0 unspecified atom stereocenters. The Morgan fingerprint density at radius 2 is 2.10 bits per heavy atom. The van der Waals surface area contributed by atoms with Gasteiger partial charge in [0.25, 0.3) is 0 Å². The van der Waals surface area contributed by atoms with E-state index in [9.17, 15) is 9.18 Å². The van der Waals surface area contributed by atoms with Crippen LogP contribution >= 0.6 is 27.5 Å². The second kappa shape index (κ2) is 6.32. The summed E-state index contributed by atoms with van der Waals surface area (Å²) < 4.78 is 18.2. The van der Waals surface area contributed by atoms with Gasteiger partial charge in [-0.1, -0.05) is 11.6 Å². The first-order chi connectivity index (χ1) is 9.92. The zero-order valence-corrected chi connectivity index (χ0v) is 13.3. The number of nitrogens with one attached hydrogen (secondary N) is 1. The van der Waals surface area contributed by atoms with Crippen LogP contribution in [0.1, 0.15) is 10.4 Å². The van der Waals surface area contributed by atoms with Gasteiger partial charge < -0.3 is 15.8 Å². The molecule has 0 bridgehead atoms. The van der Waals surface area contributed by atoms with Crippen LogP contribution in [0.3, 0.4) is 0 Å². The third kappa shape index (κ3) is 3.46. The Bertz CT molecular complexity index is 710. The van der Waals surface area contributed by atoms with E-state index in [1.807, 2.05) is 0 Å². The summed E-state index contributed by atoms with van der Waals surface area (Å²) in [5.41, 5.74) is 7.12. The number of nitrogens with two attached hydrogens (primary N) is 1. The van der Waals surface area contributed by atoms with Gasteiger partial charge in [-0.2, -0.15) is 0 Å². The zero-order valence-electron chi connectivity index (χ0n) is 10.9. The number of rotatable bonds is 3. The van der Waals surface area contributed by atoms with E-state index in [0.717, 1.165) is 0 Å². The minimum absolute atomic E-state index is 0.197. The molecule has 2 rings (SSSR count). The minimum Gasteiger partial charge on any atom is -0.465 e. The van der Waals surface area contributed by atoms with E-state index in [-0.39, 0.29) is 10.6 Å². The van der Waals surface area contributed by atoms with Crippen LogP contribution in [0.5, 0.6) is 0 Å². The number of benzene rings is 2. The fourth-order valence-electron chi connectivity index (χ4n) is 1.74. The standard InChI is InChI=1S/C14H11BrClFN2O2/c1-21-14(20)9-4-7(18)5-11(16)13(9)19-8-2-3-12(17)10(15)6-8/h2-6,19H,18H2,1H3. The second-order valence-electron chi connectivity index (χ2n) is 4.17. The monoisotopic (exact) mass is 372 g/mol. The highest BCUT2D eigenvalue weighted by molar-refractivity contribution is 9.10. The van der Waals surface area contributed by atoms with Gasteiger partial charge in [0, 0.05) is 11.4 Å². The van der Waals surface area contributed by atoms with Crippen molar-refractivity contribution in [2.24, 2.45) is 0 Å². The summed E-state index contributed by atoms with van der Waals surface area (Å²) in [4.78, 5) is 11.8. The fraction of sp³-hybridized carbons (Fsp3) is 0.0714. The summed E-state index contributed by atoms with van der Waals surface area (Å²) in [6.45, 7) is 0. The van der Waals surface area contributed by atoms with Crippen molar-refractivity contribution in [1.29, 1.82) is 0 Å². The van der Waals surface area contributed by atoms with E-state index in [2.05, 4.69) is 21.2 Å². The van der Waals surface area contributed by atoms with Crippen LogP contribution < -0.4 is 11.1 Å². The lowest BCUT2D eigenvalue weighted by molar-refractivity contribution is 0.0602. The van der Waals surface area contributed by atoms with Crippen molar-refractivity contribution in [3.8, 4) is 0 Å². The lowest BCUT2D eigenvalue weighted by Gasteiger charge is -2.14. The van der Waals surface area contributed by atoms with E-state index in [1.165, 1.54) is 37.4 Å². The van der Waals surface area contributed by atoms with Gasteiger partial charge in [-0.05, 0) is 46.3 Å². The maximum absolute atomic E-state index is 13.2. The molecular weight excluding hydrogens is 363 g/mol. The highest BCUT2D eigenvalue weighted by Crippen LogP contribution is 2.33. The normalized spacial score (nSPS) is 10.3. The average molecular weight is 374 g/mol. The predicted octanol–water partition coefficient (Wildman–Crippen LogP) is 4.35. The first-order valence-corrected chi connectivity index (χ1v) is 6.99. The van der Waals surface area contributed by atoms with Crippen LogP contribution in [0, 0.1) is 5.82 Å². The Hall–Kier alpha value is -1.79. The number of hydrogen-bond acceptors (Lipinski definition) is 4. The number of anilines is 3. The van der Waals surface area contributed by atoms with Gasteiger partial charge in [0.2, 0.25) is 0 Å². The molecule has 0 spiro atoms. The molecule has 0 heterocycles. The Kier molecular flexibility index (Phi) is 4.69. The summed E-state index contributed by atoms with van der Waals surface area (Å²) in [6.07, 6.45) is 0. The van der Waals surface area contributed by atoms with Gasteiger partial charge in [-0.3, -0.25) is 0 Å². The first-order valence-electron chi connectivity index (χ1n) is 5.81. The van der Waals surface area contributed by atoms with E-state index in [0.29, 0.717) is 21.5 Å². The van der Waals surface area contributed by atoms with Crippen molar-refractivity contribution >= 4 is 50.6 Å². The quantitative estimate of drug-likeness (QED) is 0.620. The molecule has 110 valence electrons. The number of nitrogen functional groups attached to an aromatic ring is 1. The maximum atomic E-state index is 13.2. The van der Waals surface area contributed by atoms with Gasteiger partial charge in [-0.25, -0.2) is 9.18 Å². The molecular formula is C14H11BrClFN2O2. The van der Waals surface area contributed by atoms with E-state index in [1.54, 1.807) is 0 Å². The van der Waals surface area contributed by atoms with E-state index < -0.39 is 11.8 Å². The Balaban J connectivity index is 2.47. The maximum Gasteiger partial charge on any atom is 0.340 e. The number of methoxy groups -OCH3 is 1. The lowest BCUT2D eigenvalue weighted by Crippen LogP contribution is -2.07. The molecule has 7 heteroatoms. The summed E-state index contributed by atoms with van der Waals surface area (Å²) in [6, 6.07) is 7.31. The Labute approximate surface area is 134 Å². The minimum atomic E-state index is -0.576. The second-order valence-corrected chi connectivity index (χ2v) is 5.43. The number of halogens is 3. The summed E-state index contributed by atoms with van der Waals surface area (Å²) in [7, 11) is 1.26. The third-order valence-corrected chi connectivity index (χ3v) is 3.61. The first kappa shape index (κ1) is 15.6. The number of carbonyl (C=O) groups is 1. The number of hydrogen-bond donors (Lipinski definition) is 2. The van der Waals surface area contributed by atoms with Crippen LogP contribution in [0.2, 0.25) is 5.02 Å². The molecule has 2 aromatic carbocycles. The van der Waals surface area contributed by atoms with Gasteiger partial charge in [0.1, 0.15) is 5.82 Å². The van der Waals surface area contributed by atoms with E-state index in [4.69, 9.17) is 22.1 Å². The van der Waals surface area contributed by atoms with Crippen LogP contribution in [0.25, 0.3) is 0 Å². The molecule has 0 radical (unpaired) electrons. The fourth-order valence-corrected chi connectivity index (χ4v) is 2.40. The van der Waals surface area contributed by atoms with Crippen molar-refractivity contribution < 1.29 is 13.9 Å². The Morgan fingerprint density at radius 3 is 2.71 bits per heavy atom. The highest BCUT2D eigenvalue weighted by Gasteiger charge is 2.16. The Morgan fingerprint density at radius 1 is 1.38 bits per heavy atom. The molecule has 0 atom stereocenters. The molecule has 0 fully saturated rings. The molecule has 3 N–H and O–H groups in total. The van der Waals surface area contributed by atoms with Gasteiger partial charge in [-0.15, -0.1) is 0 Å². The molecule has 4 nitrogen and oxygen atoms in total. The molecule has 0 aromatic heterocycles. The van der Waals surface area contributed by atoms with E-state index >= 15 is 0 Å². The summed E-state index contributed by atoms with van der Waals surface area (Å²) in [5, 5.41) is 3.23. The van der Waals surface area contributed by atoms with Crippen LogP contribution in [0.4, 0.5) is 21.5 Å². The van der Waals surface area contributed by atoms with Crippen molar-refractivity contribution in [1.82, 2.24) is 0 Å². The summed E-state index contributed by atoms with van der Waals surface area (Å²) in [5.74, 6) is -0.968. The highest BCUT2D eigenvalue weighted by atomic mass is 79.9. The van der Waals surface area contributed by atoms with Gasteiger partial charge >= 0.3 is 5.97 Å². The molecule has 0 aliphatic carbocycles. The zero-order chi connectivity index (χ0) is 15.6. The van der Waals surface area contributed by atoms with Crippen molar-refractivity contribution in [2.75, 3.05) is 18.2 Å². The number of ether oxygens (including phenoxy) is 1. The molecule has 2 aromatic rings. The van der Waals surface area contributed by atoms with Gasteiger partial charge in [0.05, 0.1) is 27.9 Å². The van der Waals surface area contributed by atoms with Crippen LogP contribution in [-0.4, -0.2) is 13.1 Å². The molecule has 21 heavy (non-hydrogen) atoms. The average Bonchev–Trinajstić information content (AvgIpc) is 2.44. The van der Waals surface area contributed by atoms with Crippen LogP contribution in [0.15, 0.2) is 34.8 Å². The van der Waals surface area contributed by atoms with Gasteiger partial charge in [0.15, 0.2) is 0 Å². The molecule has 0 amide bonds. The SMILES string of the molecule is COC(=O)c1cc(N)cc(Cl)c1Nc1ccc(F)c(Br)c1. The molecule has 0 aliphatic rings. The molecule has 0 saturated heterocycles. The summed E-state index contributed by atoms with van der Waals surface area (Å²) >= 11 is 9.21. The smallest absolute Gasteiger partial charge is 0.340 e. The lowest BCUT2D eigenvalue weighted by atomic mass is 10.1. The third-order valence-electron chi connectivity index (χ3n) is 2.71. The topological polar surface area (TPSA) is 64.3 Å². The van der Waals surface area contributed by atoms with Crippen LogP contribution in [-0.2, 0) is 4.74 Å². The largest absolute Gasteiger partial charge is 0.465 e. The molecule has 0 aliphatic heterocycles. The number of carbonyl (C=O) groups excluding carboxylic acids is 1. The number of esters is 1. The van der Waals surface area contributed by atoms with Crippen molar-refractivity contribution in [3.63, 3.8) is 0 Å². The molecule has 0 saturated carbocycles. The predicted molar refractivity (Wildman–Crippen MR) is 84.6 cm³/mol.